The second kappa shape index (κ2) is 14.8. The second-order valence-electron chi connectivity index (χ2n) is 7.53. The van der Waals surface area contributed by atoms with Crippen LogP contribution in [0.25, 0.3) is 0 Å². The van der Waals surface area contributed by atoms with Gasteiger partial charge in [-0.2, -0.15) is 0 Å². The van der Waals surface area contributed by atoms with Crippen molar-refractivity contribution in [1.29, 1.82) is 0 Å². The summed E-state index contributed by atoms with van der Waals surface area (Å²) in [6.45, 7) is 17.0. The third-order valence-electron chi connectivity index (χ3n) is 4.16. The van der Waals surface area contributed by atoms with Gasteiger partial charge in [0.1, 0.15) is 0 Å². The third kappa shape index (κ3) is 17.1. The molecule has 0 atom stereocenters. The van der Waals surface area contributed by atoms with Crippen LogP contribution in [-0.4, -0.2) is 0 Å². The van der Waals surface area contributed by atoms with Crippen LogP contribution in [0.4, 0.5) is 0 Å². The van der Waals surface area contributed by atoms with E-state index in [2.05, 4.69) is 77.7 Å². The molecular weight excluding hydrogens is 300 g/mol. The fourth-order valence-corrected chi connectivity index (χ4v) is 2.53. The van der Waals surface area contributed by atoms with Crippen LogP contribution in [0.3, 0.4) is 0 Å². The Kier molecular flexibility index (Phi) is 13.8. The van der Waals surface area contributed by atoms with Crippen LogP contribution >= 0.6 is 0 Å². The molecule has 0 aliphatic heterocycles. The van der Waals surface area contributed by atoms with E-state index in [9.17, 15) is 0 Å². The van der Waals surface area contributed by atoms with Gasteiger partial charge in [-0.05, 0) is 86.5 Å². The zero-order chi connectivity index (χ0) is 19.1. The highest BCUT2D eigenvalue weighted by molar-refractivity contribution is 5.13. The van der Waals surface area contributed by atoms with Crippen molar-refractivity contribution in [2.75, 3.05) is 0 Å². The van der Waals surface area contributed by atoms with Crippen molar-refractivity contribution in [3.63, 3.8) is 0 Å². The molecule has 0 fully saturated rings. The zero-order valence-electron chi connectivity index (χ0n) is 17.6. The Bertz CT molecular complexity index is 528. The Morgan fingerprint density at radius 3 is 1.52 bits per heavy atom. The van der Waals surface area contributed by atoms with Gasteiger partial charge in [-0.15, -0.1) is 0 Å². The molecule has 0 aromatic rings. The molecule has 0 radical (unpaired) electrons. The van der Waals surface area contributed by atoms with Crippen molar-refractivity contribution in [3.8, 4) is 0 Å². The van der Waals surface area contributed by atoms with Crippen molar-refractivity contribution in [2.24, 2.45) is 0 Å². The van der Waals surface area contributed by atoms with E-state index in [-0.39, 0.29) is 0 Å². The molecular formula is C25H40. The summed E-state index contributed by atoms with van der Waals surface area (Å²) in [6, 6.07) is 0. The van der Waals surface area contributed by atoms with Crippen LogP contribution in [0, 0.1) is 0 Å². The first kappa shape index (κ1) is 23.4. The molecule has 0 heterocycles. The van der Waals surface area contributed by atoms with E-state index < -0.39 is 0 Å². The summed E-state index contributed by atoms with van der Waals surface area (Å²) < 4.78 is 0. The lowest BCUT2D eigenvalue weighted by atomic mass is 10.0. The Morgan fingerprint density at radius 2 is 1.08 bits per heavy atom. The van der Waals surface area contributed by atoms with Crippen LogP contribution in [0.2, 0.25) is 0 Å². The SMILES string of the molecule is C=C(C)C=CCC=C(C)CCC=C(C)CCC=C(C)CCC=C(C)C. The van der Waals surface area contributed by atoms with Gasteiger partial charge in [0.15, 0.2) is 0 Å². The van der Waals surface area contributed by atoms with E-state index in [4.69, 9.17) is 0 Å². The Balaban J connectivity index is 4.03. The summed E-state index contributed by atoms with van der Waals surface area (Å²) in [4.78, 5) is 0. The molecule has 0 aliphatic rings. The molecule has 0 aromatic carbocycles. The highest BCUT2D eigenvalue weighted by atomic mass is 14.0. The lowest BCUT2D eigenvalue weighted by Crippen LogP contribution is -1.82. The van der Waals surface area contributed by atoms with E-state index in [1.165, 1.54) is 48.0 Å². The molecule has 0 unspecified atom stereocenters. The van der Waals surface area contributed by atoms with Gasteiger partial charge in [0.05, 0.1) is 0 Å². The predicted octanol–water partition coefficient (Wildman–Crippen LogP) is 8.65. The predicted molar refractivity (Wildman–Crippen MR) is 117 cm³/mol. The molecule has 0 heteroatoms. The third-order valence-corrected chi connectivity index (χ3v) is 4.16. The maximum Gasteiger partial charge on any atom is -0.0163 e. The van der Waals surface area contributed by atoms with Crippen molar-refractivity contribution in [2.45, 2.75) is 86.5 Å². The van der Waals surface area contributed by atoms with Crippen LogP contribution in [-0.2, 0) is 0 Å². The molecule has 0 nitrogen and oxygen atoms in total. The minimum Gasteiger partial charge on any atom is -0.0961 e. The summed E-state index contributed by atoms with van der Waals surface area (Å²) >= 11 is 0. The maximum atomic E-state index is 3.88. The largest absolute Gasteiger partial charge is 0.0961 e. The van der Waals surface area contributed by atoms with Gasteiger partial charge in [-0.25, -0.2) is 0 Å². The van der Waals surface area contributed by atoms with Gasteiger partial charge in [0.25, 0.3) is 0 Å². The summed E-state index contributed by atoms with van der Waals surface area (Å²) in [5, 5.41) is 0. The Hall–Kier alpha value is -1.56. The first-order valence-corrected chi connectivity index (χ1v) is 9.73. The van der Waals surface area contributed by atoms with Gasteiger partial charge >= 0.3 is 0 Å². The normalized spacial score (nSPS) is 13.4. The molecule has 0 spiro atoms. The molecule has 0 saturated heterocycles. The van der Waals surface area contributed by atoms with Crippen molar-refractivity contribution in [1.82, 2.24) is 0 Å². The second-order valence-corrected chi connectivity index (χ2v) is 7.53. The number of rotatable bonds is 12. The van der Waals surface area contributed by atoms with E-state index in [0.717, 1.165) is 24.8 Å². The minimum absolute atomic E-state index is 1.01. The molecule has 0 aromatic heterocycles. The van der Waals surface area contributed by atoms with E-state index in [1.54, 1.807) is 0 Å². The molecule has 0 aliphatic carbocycles. The Morgan fingerprint density at radius 1 is 0.640 bits per heavy atom. The molecule has 25 heavy (non-hydrogen) atoms. The average Bonchev–Trinajstić information content (AvgIpc) is 2.51. The van der Waals surface area contributed by atoms with Crippen LogP contribution < -0.4 is 0 Å². The molecule has 140 valence electrons. The lowest BCUT2D eigenvalue weighted by molar-refractivity contribution is 0.898. The van der Waals surface area contributed by atoms with Crippen LogP contribution in [0.1, 0.15) is 86.5 Å². The van der Waals surface area contributed by atoms with Gasteiger partial charge in [-0.1, -0.05) is 70.9 Å². The summed E-state index contributed by atoms with van der Waals surface area (Å²) in [5.41, 5.74) is 7.05. The maximum absolute atomic E-state index is 3.88. The highest BCUT2D eigenvalue weighted by Crippen LogP contribution is 2.13. The van der Waals surface area contributed by atoms with E-state index in [1.807, 2.05) is 6.92 Å². The molecule has 0 saturated carbocycles. The van der Waals surface area contributed by atoms with Crippen LogP contribution in [0.5, 0.6) is 0 Å². The topological polar surface area (TPSA) is 0 Å². The van der Waals surface area contributed by atoms with Crippen LogP contribution in [0.15, 0.2) is 70.9 Å². The quantitative estimate of drug-likeness (QED) is 0.246. The number of hydrogen-bond acceptors (Lipinski definition) is 0. The van der Waals surface area contributed by atoms with E-state index in [0.29, 0.717) is 0 Å². The Labute approximate surface area is 157 Å². The first-order valence-electron chi connectivity index (χ1n) is 9.73. The monoisotopic (exact) mass is 340 g/mol. The average molecular weight is 341 g/mol. The van der Waals surface area contributed by atoms with Gasteiger partial charge in [0, 0.05) is 0 Å². The fraction of sp³-hybridized carbons (Fsp3) is 0.520. The first-order chi connectivity index (χ1) is 11.8. The van der Waals surface area contributed by atoms with Gasteiger partial charge < -0.3 is 0 Å². The van der Waals surface area contributed by atoms with E-state index >= 15 is 0 Å². The lowest BCUT2D eigenvalue weighted by Gasteiger charge is -2.02. The molecule has 0 bridgehead atoms. The van der Waals surface area contributed by atoms with Crippen molar-refractivity contribution in [3.05, 3.63) is 70.9 Å². The number of allylic oxidation sites excluding steroid dienone is 11. The van der Waals surface area contributed by atoms with Gasteiger partial charge in [0.2, 0.25) is 0 Å². The summed E-state index contributed by atoms with van der Waals surface area (Å²) in [5.74, 6) is 0. The van der Waals surface area contributed by atoms with Crippen molar-refractivity contribution < 1.29 is 0 Å². The standard InChI is InChI=1S/C25H40/c1-21(2)13-8-9-15-23(5)17-11-19-25(7)20-12-18-24(6)16-10-14-22(3)4/h8,13-15,18-19H,1,9-12,16-17,20H2,2-7H3. The zero-order valence-corrected chi connectivity index (χ0v) is 17.6. The molecule has 0 rings (SSSR count). The van der Waals surface area contributed by atoms with Gasteiger partial charge in [-0.3, -0.25) is 0 Å². The fourth-order valence-electron chi connectivity index (χ4n) is 2.53. The molecule has 0 N–H and O–H groups in total. The van der Waals surface area contributed by atoms with Crippen molar-refractivity contribution >= 4 is 0 Å². The summed E-state index contributed by atoms with van der Waals surface area (Å²) in [7, 11) is 0. The minimum atomic E-state index is 1.01. The number of hydrogen-bond donors (Lipinski definition) is 0. The highest BCUT2D eigenvalue weighted by Gasteiger charge is 1.93. The molecule has 0 amide bonds. The summed E-state index contributed by atoms with van der Waals surface area (Å²) in [6.07, 6.45) is 21.8. The smallest absolute Gasteiger partial charge is 0.0163 e.